The van der Waals surface area contributed by atoms with Crippen molar-refractivity contribution < 1.29 is 19.5 Å². The normalized spacial score (nSPS) is 12.1. The maximum atomic E-state index is 13.2. The first-order valence-corrected chi connectivity index (χ1v) is 11.2. The van der Waals surface area contributed by atoms with Crippen LogP contribution < -0.4 is 27.7 Å². The third kappa shape index (κ3) is 6.78. The number of hydrogen-bond acceptors (Lipinski definition) is 8. The molecule has 1 saturated carbocycles. The van der Waals surface area contributed by atoms with Gasteiger partial charge in [-0.3, -0.25) is 19.6 Å². The van der Waals surface area contributed by atoms with Crippen molar-refractivity contribution in [3.05, 3.63) is 75.7 Å². The van der Waals surface area contributed by atoms with Gasteiger partial charge in [-0.1, -0.05) is 24.3 Å². The number of nitrogens with two attached hydrogens (primary N) is 2. The van der Waals surface area contributed by atoms with E-state index in [0.29, 0.717) is 11.1 Å². The lowest BCUT2D eigenvalue weighted by atomic mass is 10.1. The van der Waals surface area contributed by atoms with Gasteiger partial charge in [-0.15, -0.1) is 0 Å². The summed E-state index contributed by atoms with van der Waals surface area (Å²) in [7, 11) is 0. The zero-order valence-corrected chi connectivity index (χ0v) is 19.9. The van der Waals surface area contributed by atoms with Crippen molar-refractivity contribution in [3.8, 4) is 11.3 Å². The average Bonchev–Trinajstić information content (AvgIpc) is 3.70. The monoisotopic (exact) mass is 505 g/mol. The van der Waals surface area contributed by atoms with Gasteiger partial charge < -0.3 is 32.0 Å². The average molecular weight is 506 g/mol. The van der Waals surface area contributed by atoms with Crippen LogP contribution in [0.3, 0.4) is 0 Å². The van der Waals surface area contributed by atoms with E-state index < -0.39 is 17.4 Å². The van der Waals surface area contributed by atoms with E-state index in [-0.39, 0.29) is 47.7 Å². The molecule has 1 amide bonds. The summed E-state index contributed by atoms with van der Waals surface area (Å²) in [5.41, 5.74) is 13.0. The molecule has 37 heavy (non-hydrogen) atoms. The highest BCUT2D eigenvalue weighted by Crippen LogP contribution is 2.25. The minimum absolute atomic E-state index is 0.0439. The van der Waals surface area contributed by atoms with Crippen molar-refractivity contribution in [1.82, 2.24) is 14.9 Å². The molecule has 0 unspecified atom stereocenters. The van der Waals surface area contributed by atoms with Gasteiger partial charge >= 0.3 is 5.97 Å². The number of carbonyl (C=O) groups is 3. The van der Waals surface area contributed by atoms with Crippen molar-refractivity contribution in [3.63, 3.8) is 0 Å². The summed E-state index contributed by atoms with van der Waals surface area (Å²) in [5, 5.41) is 22.7. The zero-order valence-electron chi connectivity index (χ0n) is 19.9. The van der Waals surface area contributed by atoms with E-state index in [9.17, 15) is 19.5 Å². The third-order valence-corrected chi connectivity index (χ3v) is 5.53. The number of aromatic carboxylic acids is 1. The largest absolute Gasteiger partial charge is 0.478 e. The number of anilines is 2. The van der Waals surface area contributed by atoms with Crippen LogP contribution in [0.1, 0.15) is 34.3 Å². The van der Waals surface area contributed by atoms with Gasteiger partial charge in [0.2, 0.25) is 5.91 Å². The van der Waals surface area contributed by atoms with E-state index in [1.165, 1.54) is 29.0 Å². The fourth-order valence-electron chi connectivity index (χ4n) is 3.52. The van der Waals surface area contributed by atoms with E-state index in [2.05, 4.69) is 15.6 Å². The van der Waals surface area contributed by atoms with Crippen molar-refractivity contribution in [2.75, 3.05) is 11.1 Å². The number of aromatic nitrogens is 2. The molecule has 0 spiro atoms. The van der Waals surface area contributed by atoms with Gasteiger partial charge in [-0.25, -0.2) is 9.78 Å². The molecule has 0 aliphatic heterocycles. The molecule has 1 aliphatic carbocycles. The molecule has 3 aromatic rings. The number of nitrogens with zero attached hydrogens (tertiary/aromatic N) is 2. The molecule has 0 atom stereocenters. The molecule has 0 radical (unpaired) electrons. The second-order valence-corrected chi connectivity index (χ2v) is 8.34. The van der Waals surface area contributed by atoms with E-state index in [1.54, 1.807) is 24.3 Å². The Morgan fingerprint density at radius 1 is 1.14 bits per heavy atom. The molecule has 4 rings (SSSR count). The lowest BCUT2D eigenvalue weighted by Crippen LogP contribution is -2.34. The molecular formula is C25H27N7O5. The highest BCUT2D eigenvalue weighted by Gasteiger charge is 2.24. The topological polar surface area (TPSA) is 206 Å². The Bertz CT molecular complexity index is 1380. The molecular weight excluding hydrogens is 478 g/mol. The van der Waals surface area contributed by atoms with E-state index in [1.807, 2.05) is 6.79 Å². The van der Waals surface area contributed by atoms with E-state index in [4.69, 9.17) is 21.7 Å². The van der Waals surface area contributed by atoms with Crippen LogP contribution in [0.5, 0.6) is 0 Å². The molecule has 12 nitrogen and oxygen atoms in total. The first kappa shape index (κ1) is 26.6. The smallest absolute Gasteiger partial charge is 0.335 e. The highest BCUT2D eigenvalue weighted by atomic mass is 16.4. The molecule has 192 valence electrons. The van der Waals surface area contributed by atoms with Crippen LogP contribution >= 0.6 is 0 Å². The minimum Gasteiger partial charge on any atom is -0.478 e. The molecule has 0 saturated heterocycles. The molecule has 1 aromatic heterocycles. The molecule has 8 N–H and O–H groups in total. The third-order valence-electron chi connectivity index (χ3n) is 5.53. The van der Waals surface area contributed by atoms with Gasteiger partial charge in [0.1, 0.15) is 19.2 Å². The number of carboxylic acids is 1. The molecule has 1 heterocycles. The number of nitrogens with one attached hydrogen (secondary N) is 3. The van der Waals surface area contributed by atoms with Gasteiger partial charge in [0, 0.05) is 29.4 Å². The predicted octanol–water partition coefficient (Wildman–Crippen LogP) is 1.18. The van der Waals surface area contributed by atoms with Crippen LogP contribution in [0.25, 0.3) is 11.3 Å². The van der Waals surface area contributed by atoms with Crippen LogP contribution in [-0.4, -0.2) is 45.2 Å². The molecule has 1 fully saturated rings. The van der Waals surface area contributed by atoms with Crippen molar-refractivity contribution in [1.29, 1.82) is 5.41 Å². The number of amidine groups is 1. The maximum absolute atomic E-state index is 13.2. The van der Waals surface area contributed by atoms with Crippen LogP contribution in [0.15, 0.2) is 53.5 Å². The highest BCUT2D eigenvalue weighted by molar-refractivity contribution is 5.95. The lowest BCUT2D eigenvalue weighted by molar-refractivity contribution is -0.121. The predicted molar refractivity (Wildman–Crippen MR) is 138 cm³/mol. The molecule has 2 aromatic carbocycles. The first-order chi connectivity index (χ1) is 17.7. The number of rotatable bonds is 9. The molecule has 12 heteroatoms. The van der Waals surface area contributed by atoms with Gasteiger partial charge in [0.15, 0.2) is 5.82 Å². The summed E-state index contributed by atoms with van der Waals surface area (Å²) in [4.78, 5) is 49.7. The summed E-state index contributed by atoms with van der Waals surface area (Å²) in [6, 6.07) is 11.3. The van der Waals surface area contributed by atoms with Crippen LogP contribution in [-0.2, 0) is 22.7 Å². The quantitative estimate of drug-likeness (QED) is 0.140. The summed E-state index contributed by atoms with van der Waals surface area (Å²) in [5.74, 6) is -1.50. The van der Waals surface area contributed by atoms with Crippen LogP contribution in [0.4, 0.5) is 11.5 Å². The number of nitrogen functional groups attached to an aromatic ring is 2. The number of carboxylic acid groups (broad SMARTS) is 1. The zero-order chi connectivity index (χ0) is 27.1. The number of amides is 1. The Kier molecular flexibility index (Phi) is 8.35. The maximum Gasteiger partial charge on any atom is 0.335 e. The van der Waals surface area contributed by atoms with Crippen LogP contribution in [0, 0.1) is 5.41 Å². The Balaban J connectivity index is 0.00000186. The summed E-state index contributed by atoms with van der Waals surface area (Å²) in [6.07, 6.45) is 3.30. The summed E-state index contributed by atoms with van der Waals surface area (Å²) < 4.78 is 1.26. The van der Waals surface area contributed by atoms with Gasteiger partial charge in [-0.05, 0) is 36.6 Å². The van der Waals surface area contributed by atoms with E-state index in [0.717, 1.165) is 18.4 Å². The van der Waals surface area contributed by atoms with Gasteiger partial charge in [0.05, 0.1) is 17.5 Å². The minimum atomic E-state index is -1.17. The fraction of sp³-hybridized carbons (Fsp3) is 0.200. The SMILES string of the molecule is C=O.N=C(N)c1ccc(CNC(=O)Cn2c(-c3cc(N)cc(C(=O)O)c3)cnc(NC3CC3)c2=O)cc1. The Hall–Kier alpha value is -5.00. The Labute approximate surface area is 211 Å². The number of benzene rings is 2. The van der Waals surface area contributed by atoms with Crippen molar-refractivity contribution in [2.45, 2.75) is 32.0 Å². The van der Waals surface area contributed by atoms with Gasteiger partial charge in [-0.2, -0.15) is 0 Å². The Morgan fingerprint density at radius 2 is 1.81 bits per heavy atom. The lowest BCUT2D eigenvalue weighted by Gasteiger charge is -2.16. The second kappa shape index (κ2) is 11.6. The Morgan fingerprint density at radius 3 is 2.41 bits per heavy atom. The molecule has 1 aliphatic rings. The van der Waals surface area contributed by atoms with Crippen molar-refractivity contribution in [2.24, 2.45) is 5.73 Å². The van der Waals surface area contributed by atoms with Gasteiger partial charge in [0.25, 0.3) is 5.56 Å². The summed E-state index contributed by atoms with van der Waals surface area (Å²) in [6.45, 7) is 1.90. The first-order valence-electron chi connectivity index (χ1n) is 11.2. The number of carbonyl (C=O) groups excluding carboxylic acids is 2. The van der Waals surface area contributed by atoms with Crippen molar-refractivity contribution >= 4 is 36.0 Å². The summed E-state index contributed by atoms with van der Waals surface area (Å²) >= 11 is 0. The molecule has 0 bridgehead atoms. The standard InChI is InChI=1S/C24H25N7O4.CH2O/c25-17-8-15(7-16(9-17)24(34)35)19-11-29-22(30-18-5-6-18)23(33)31(19)12-20(32)28-10-13-1-3-14(4-2-13)21(26)27;1-2/h1-4,7-9,11,18H,5-6,10,12,25H2,(H3,26,27)(H,28,32)(H,29,30)(H,34,35);1H2. The number of hydrogen-bond donors (Lipinski definition) is 6. The fourth-order valence-corrected chi connectivity index (χ4v) is 3.52. The van der Waals surface area contributed by atoms with Crippen LogP contribution in [0.2, 0.25) is 0 Å². The second-order valence-electron chi connectivity index (χ2n) is 8.34. The van der Waals surface area contributed by atoms with E-state index >= 15 is 0 Å².